The number of rotatable bonds is 3. The molecule has 0 amide bonds. The van der Waals surface area contributed by atoms with Crippen molar-refractivity contribution < 1.29 is 9.53 Å². The van der Waals surface area contributed by atoms with Crippen molar-refractivity contribution >= 4 is 11.8 Å². The third kappa shape index (κ3) is 1.76. The molecule has 0 saturated carbocycles. The van der Waals surface area contributed by atoms with E-state index in [-0.39, 0.29) is 12.0 Å². The molecule has 1 atom stereocenters. The van der Waals surface area contributed by atoms with Crippen LogP contribution in [0.15, 0.2) is 6.20 Å². The predicted octanol–water partition coefficient (Wildman–Crippen LogP) is 0.375. The van der Waals surface area contributed by atoms with Gasteiger partial charge in [0.1, 0.15) is 11.4 Å². The summed E-state index contributed by atoms with van der Waals surface area (Å²) in [5.41, 5.74) is 6.14. The summed E-state index contributed by atoms with van der Waals surface area (Å²) in [6.07, 6.45) is 2.46. The Kier molecular flexibility index (Phi) is 3.09. The van der Waals surface area contributed by atoms with Crippen LogP contribution in [0.3, 0.4) is 0 Å². The molecule has 0 spiro atoms. The number of anilines is 1. The number of carbonyl (C=O) groups excluding carboxylic acids is 1. The molecular formula is C10H16N4O2. The van der Waals surface area contributed by atoms with Crippen LogP contribution in [-0.4, -0.2) is 35.4 Å². The number of hydrogen-bond acceptors (Lipinski definition) is 5. The van der Waals surface area contributed by atoms with Crippen molar-refractivity contribution in [1.82, 2.24) is 9.78 Å². The van der Waals surface area contributed by atoms with Crippen LogP contribution in [-0.2, 0) is 4.74 Å². The number of nitrogens with zero attached hydrogens (tertiary/aromatic N) is 2. The van der Waals surface area contributed by atoms with Gasteiger partial charge >= 0.3 is 5.97 Å². The Morgan fingerprint density at radius 3 is 3.31 bits per heavy atom. The summed E-state index contributed by atoms with van der Waals surface area (Å²) in [5.74, 6) is 0.383. The third-order valence-electron chi connectivity index (χ3n) is 2.68. The zero-order chi connectivity index (χ0) is 11.5. The van der Waals surface area contributed by atoms with E-state index in [9.17, 15) is 4.79 Å². The molecule has 1 aliphatic heterocycles. The number of carbonyl (C=O) groups is 1. The maximum absolute atomic E-state index is 11.6. The summed E-state index contributed by atoms with van der Waals surface area (Å²) >= 11 is 0. The Hall–Kier alpha value is -1.56. The second-order valence-electron chi connectivity index (χ2n) is 3.68. The summed E-state index contributed by atoms with van der Waals surface area (Å²) in [7, 11) is 0. The Labute approximate surface area is 93.8 Å². The van der Waals surface area contributed by atoms with Crippen LogP contribution in [0.1, 0.15) is 29.7 Å². The van der Waals surface area contributed by atoms with Crippen LogP contribution >= 0.6 is 0 Å². The number of nitrogens with two attached hydrogens (primary N) is 1. The number of aromatic nitrogens is 2. The quantitative estimate of drug-likeness (QED) is 0.725. The molecule has 3 N–H and O–H groups in total. The molecule has 0 aromatic carbocycles. The molecule has 2 heterocycles. The predicted molar refractivity (Wildman–Crippen MR) is 59.4 cm³/mol. The third-order valence-corrected chi connectivity index (χ3v) is 2.68. The topological polar surface area (TPSA) is 82.2 Å². The van der Waals surface area contributed by atoms with Gasteiger partial charge in [0.15, 0.2) is 0 Å². The zero-order valence-electron chi connectivity index (χ0n) is 9.27. The Bertz CT molecular complexity index is 388. The van der Waals surface area contributed by atoms with E-state index in [1.54, 1.807) is 11.6 Å². The van der Waals surface area contributed by atoms with Gasteiger partial charge in [-0.05, 0) is 13.3 Å². The highest BCUT2D eigenvalue weighted by Crippen LogP contribution is 2.26. The number of fused-ring (bicyclic) bond motifs is 1. The lowest BCUT2D eigenvalue weighted by atomic mass is 10.1. The van der Waals surface area contributed by atoms with Crippen LogP contribution < -0.4 is 11.1 Å². The monoisotopic (exact) mass is 224 g/mol. The van der Waals surface area contributed by atoms with E-state index >= 15 is 0 Å². The number of nitrogens with one attached hydrogen (secondary N) is 1. The molecular weight excluding hydrogens is 208 g/mol. The van der Waals surface area contributed by atoms with Crippen LogP contribution in [0.25, 0.3) is 0 Å². The van der Waals surface area contributed by atoms with Crippen molar-refractivity contribution in [2.45, 2.75) is 19.4 Å². The molecule has 6 nitrogen and oxygen atoms in total. The Morgan fingerprint density at radius 2 is 2.62 bits per heavy atom. The molecule has 0 fully saturated rings. The van der Waals surface area contributed by atoms with E-state index in [2.05, 4.69) is 10.4 Å². The van der Waals surface area contributed by atoms with E-state index in [1.165, 1.54) is 6.20 Å². The van der Waals surface area contributed by atoms with Crippen molar-refractivity contribution in [3.8, 4) is 0 Å². The maximum Gasteiger partial charge on any atom is 0.343 e. The lowest BCUT2D eigenvalue weighted by molar-refractivity contribution is 0.0527. The smallest absolute Gasteiger partial charge is 0.343 e. The summed E-state index contributed by atoms with van der Waals surface area (Å²) in [6.45, 7) is 3.48. The first-order valence-corrected chi connectivity index (χ1v) is 5.46. The van der Waals surface area contributed by atoms with Crippen LogP contribution in [0.5, 0.6) is 0 Å². The van der Waals surface area contributed by atoms with Crippen LogP contribution in [0.2, 0.25) is 0 Å². The lowest BCUT2D eigenvalue weighted by Crippen LogP contribution is -2.29. The normalized spacial score (nSPS) is 18.8. The summed E-state index contributed by atoms with van der Waals surface area (Å²) < 4.78 is 6.73. The SMILES string of the molecule is CCOC(=O)c1cnn2c1NCCC2CN. The summed E-state index contributed by atoms with van der Waals surface area (Å²) in [6, 6.07) is 0.166. The standard InChI is InChI=1S/C10H16N4O2/c1-2-16-10(15)8-6-13-14-7(5-11)3-4-12-9(8)14/h6-7,12H,2-5,11H2,1H3. The summed E-state index contributed by atoms with van der Waals surface area (Å²) in [4.78, 5) is 11.6. The molecule has 1 aromatic heterocycles. The molecule has 2 rings (SSSR count). The largest absolute Gasteiger partial charge is 0.462 e. The van der Waals surface area contributed by atoms with E-state index in [0.29, 0.717) is 18.7 Å². The van der Waals surface area contributed by atoms with Gasteiger partial charge in [-0.25, -0.2) is 9.48 Å². The molecule has 0 saturated heterocycles. The second-order valence-corrected chi connectivity index (χ2v) is 3.68. The average molecular weight is 224 g/mol. The Morgan fingerprint density at radius 1 is 1.81 bits per heavy atom. The molecule has 6 heteroatoms. The number of ether oxygens (including phenoxy) is 1. The van der Waals surface area contributed by atoms with Crippen LogP contribution in [0.4, 0.5) is 5.82 Å². The fraction of sp³-hybridized carbons (Fsp3) is 0.600. The van der Waals surface area contributed by atoms with Gasteiger partial charge < -0.3 is 15.8 Å². The van der Waals surface area contributed by atoms with Crippen molar-refractivity contribution in [2.75, 3.05) is 25.0 Å². The minimum Gasteiger partial charge on any atom is -0.462 e. The minimum absolute atomic E-state index is 0.166. The van der Waals surface area contributed by atoms with Gasteiger partial charge in [-0.2, -0.15) is 5.10 Å². The molecule has 0 radical (unpaired) electrons. The van der Waals surface area contributed by atoms with Crippen molar-refractivity contribution in [3.63, 3.8) is 0 Å². The van der Waals surface area contributed by atoms with E-state index in [4.69, 9.17) is 10.5 Å². The highest BCUT2D eigenvalue weighted by molar-refractivity contribution is 5.94. The second kappa shape index (κ2) is 4.52. The van der Waals surface area contributed by atoms with E-state index in [0.717, 1.165) is 18.8 Å². The highest BCUT2D eigenvalue weighted by atomic mass is 16.5. The van der Waals surface area contributed by atoms with Gasteiger partial charge in [-0.15, -0.1) is 0 Å². The molecule has 1 unspecified atom stereocenters. The Balaban J connectivity index is 2.29. The van der Waals surface area contributed by atoms with E-state index < -0.39 is 0 Å². The molecule has 0 aliphatic carbocycles. The van der Waals surface area contributed by atoms with Crippen LogP contribution in [0, 0.1) is 0 Å². The maximum atomic E-state index is 11.6. The van der Waals surface area contributed by atoms with Gasteiger partial charge in [0.05, 0.1) is 18.8 Å². The van der Waals surface area contributed by atoms with Gasteiger partial charge in [-0.1, -0.05) is 0 Å². The summed E-state index contributed by atoms with van der Waals surface area (Å²) in [5, 5.41) is 7.34. The van der Waals surface area contributed by atoms with Gasteiger partial charge in [0.25, 0.3) is 0 Å². The first-order valence-electron chi connectivity index (χ1n) is 5.46. The first-order chi connectivity index (χ1) is 7.77. The highest BCUT2D eigenvalue weighted by Gasteiger charge is 2.25. The fourth-order valence-corrected chi connectivity index (χ4v) is 1.87. The van der Waals surface area contributed by atoms with Crippen molar-refractivity contribution in [3.05, 3.63) is 11.8 Å². The fourth-order valence-electron chi connectivity index (χ4n) is 1.87. The molecule has 1 aliphatic rings. The average Bonchev–Trinajstić information content (AvgIpc) is 2.72. The first kappa shape index (κ1) is 10.9. The van der Waals surface area contributed by atoms with Crippen molar-refractivity contribution in [1.29, 1.82) is 0 Å². The lowest BCUT2D eigenvalue weighted by Gasteiger charge is -2.24. The molecule has 0 bridgehead atoms. The van der Waals surface area contributed by atoms with Crippen molar-refractivity contribution in [2.24, 2.45) is 5.73 Å². The number of hydrogen-bond donors (Lipinski definition) is 2. The number of esters is 1. The molecule has 16 heavy (non-hydrogen) atoms. The van der Waals surface area contributed by atoms with Gasteiger partial charge in [-0.3, -0.25) is 0 Å². The molecule has 1 aromatic rings. The van der Waals surface area contributed by atoms with Gasteiger partial charge in [0, 0.05) is 13.1 Å². The molecule has 88 valence electrons. The van der Waals surface area contributed by atoms with Gasteiger partial charge in [0.2, 0.25) is 0 Å². The zero-order valence-corrected chi connectivity index (χ0v) is 9.27. The minimum atomic E-state index is -0.339. The van der Waals surface area contributed by atoms with E-state index in [1.807, 2.05) is 0 Å².